The van der Waals surface area contributed by atoms with E-state index in [1.165, 1.54) is 4.90 Å². The van der Waals surface area contributed by atoms with E-state index in [0.717, 1.165) is 25.2 Å². The fourth-order valence-corrected chi connectivity index (χ4v) is 4.43. The van der Waals surface area contributed by atoms with Crippen LogP contribution >= 0.6 is 11.6 Å². The molecule has 2 fully saturated rings. The Kier molecular flexibility index (Phi) is 7.70. The van der Waals surface area contributed by atoms with Gasteiger partial charge in [-0.25, -0.2) is 0 Å². The summed E-state index contributed by atoms with van der Waals surface area (Å²) in [5.41, 5.74) is 2.61. The van der Waals surface area contributed by atoms with Crippen molar-refractivity contribution in [2.24, 2.45) is 0 Å². The predicted molar refractivity (Wildman–Crippen MR) is 133 cm³/mol. The zero-order valence-electron chi connectivity index (χ0n) is 19.3. The van der Waals surface area contributed by atoms with Gasteiger partial charge in [0.25, 0.3) is 5.91 Å². The molecular formula is C25H29ClN4O4. The number of halogens is 1. The molecule has 0 saturated carbocycles. The molecule has 0 spiro atoms. The number of ether oxygens (including phenoxy) is 1. The molecule has 0 radical (unpaired) electrons. The second-order valence-electron chi connectivity index (χ2n) is 8.32. The number of nitrogens with one attached hydrogen (secondary N) is 1. The van der Waals surface area contributed by atoms with Crippen LogP contribution in [0.4, 0.5) is 17.1 Å². The third-order valence-corrected chi connectivity index (χ3v) is 6.32. The van der Waals surface area contributed by atoms with Gasteiger partial charge in [0.15, 0.2) is 0 Å². The van der Waals surface area contributed by atoms with Crippen LogP contribution in [0.2, 0.25) is 5.02 Å². The molecule has 1 N–H and O–H groups in total. The number of carbonyl (C=O) groups excluding carboxylic acids is 3. The largest absolute Gasteiger partial charge is 0.378 e. The summed E-state index contributed by atoms with van der Waals surface area (Å²) in [7, 11) is 0. The normalized spacial score (nSPS) is 16.0. The van der Waals surface area contributed by atoms with Gasteiger partial charge in [-0.05, 0) is 55.8 Å². The third-order valence-electron chi connectivity index (χ3n) is 6.09. The van der Waals surface area contributed by atoms with Gasteiger partial charge in [-0.3, -0.25) is 14.4 Å². The fraction of sp³-hybridized carbons (Fsp3) is 0.400. The third kappa shape index (κ3) is 5.51. The first-order chi connectivity index (χ1) is 16.5. The van der Waals surface area contributed by atoms with Gasteiger partial charge in [0.1, 0.15) is 6.54 Å². The van der Waals surface area contributed by atoms with Crippen molar-refractivity contribution in [2.45, 2.75) is 19.8 Å². The first kappa shape index (κ1) is 24.0. The van der Waals surface area contributed by atoms with Crippen LogP contribution in [0.3, 0.4) is 0 Å². The Balaban J connectivity index is 1.42. The number of carbonyl (C=O) groups is 3. The molecule has 0 atom stereocenters. The van der Waals surface area contributed by atoms with Gasteiger partial charge in [-0.15, -0.1) is 0 Å². The predicted octanol–water partition coefficient (Wildman–Crippen LogP) is 3.40. The van der Waals surface area contributed by atoms with Crippen LogP contribution in [0.15, 0.2) is 42.5 Å². The fourth-order valence-electron chi connectivity index (χ4n) is 4.26. The summed E-state index contributed by atoms with van der Waals surface area (Å²) in [6.45, 7) is 5.71. The highest BCUT2D eigenvalue weighted by atomic mass is 35.5. The smallest absolute Gasteiger partial charge is 0.256 e. The van der Waals surface area contributed by atoms with Crippen LogP contribution in [-0.4, -0.2) is 68.6 Å². The monoisotopic (exact) mass is 484 g/mol. The molecule has 8 nitrogen and oxygen atoms in total. The molecule has 2 heterocycles. The molecule has 0 unspecified atom stereocenters. The highest BCUT2D eigenvalue weighted by Gasteiger charge is 2.28. The molecule has 0 aromatic heterocycles. The maximum atomic E-state index is 13.3. The maximum Gasteiger partial charge on any atom is 0.256 e. The van der Waals surface area contributed by atoms with E-state index in [4.69, 9.17) is 16.3 Å². The quantitative estimate of drug-likeness (QED) is 0.651. The number of amides is 3. The van der Waals surface area contributed by atoms with E-state index >= 15 is 0 Å². The summed E-state index contributed by atoms with van der Waals surface area (Å²) < 4.78 is 5.39. The molecule has 2 aliphatic rings. The van der Waals surface area contributed by atoms with Crippen molar-refractivity contribution in [2.75, 3.05) is 61.1 Å². The Labute approximate surface area is 204 Å². The second kappa shape index (κ2) is 10.9. The van der Waals surface area contributed by atoms with E-state index < -0.39 is 0 Å². The number of likely N-dealkylation sites (N-methyl/N-ethyl adjacent to an activating group) is 1. The van der Waals surface area contributed by atoms with Crippen molar-refractivity contribution >= 4 is 46.4 Å². The summed E-state index contributed by atoms with van der Waals surface area (Å²) in [6, 6.07) is 12.5. The summed E-state index contributed by atoms with van der Waals surface area (Å²) in [4.78, 5) is 43.7. The molecule has 2 aromatic carbocycles. The number of benzene rings is 2. The lowest BCUT2D eigenvalue weighted by Crippen LogP contribution is -2.39. The Hall–Kier alpha value is -3.10. The lowest BCUT2D eigenvalue weighted by molar-refractivity contribution is -0.117. The first-order valence-electron chi connectivity index (χ1n) is 11.6. The minimum atomic E-state index is -0.313. The average Bonchev–Trinajstić information content (AvgIpc) is 3.28. The highest BCUT2D eigenvalue weighted by molar-refractivity contribution is 6.31. The molecule has 2 aliphatic heterocycles. The van der Waals surface area contributed by atoms with Gasteiger partial charge in [0.2, 0.25) is 11.8 Å². The second-order valence-corrected chi connectivity index (χ2v) is 8.76. The summed E-state index contributed by atoms with van der Waals surface area (Å²) >= 11 is 6.16. The standard InChI is InChI=1S/C25H29ClN4O4/c1-2-28(25(33)21-10-5-18(26)16-22(21)30-11-3-4-24(30)32)17-23(31)27-19-6-8-20(9-7-19)29-12-14-34-15-13-29/h5-10,16H,2-4,11-15,17H2,1H3,(H,27,31). The SMILES string of the molecule is CCN(CC(=O)Nc1ccc(N2CCOCC2)cc1)C(=O)c1ccc(Cl)cc1N1CCCC1=O. The molecule has 9 heteroatoms. The van der Waals surface area contributed by atoms with Crippen LogP contribution in [0.25, 0.3) is 0 Å². The minimum absolute atomic E-state index is 0.0300. The Morgan fingerprint density at radius 3 is 2.47 bits per heavy atom. The van der Waals surface area contributed by atoms with Crippen molar-refractivity contribution in [3.8, 4) is 0 Å². The van der Waals surface area contributed by atoms with Crippen molar-refractivity contribution in [3.05, 3.63) is 53.1 Å². The van der Waals surface area contributed by atoms with Crippen LogP contribution in [0.1, 0.15) is 30.1 Å². The van der Waals surface area contributed by atoms with Gasteiger partial charge in [-0.2, -0.15) is 0 Å². The molecule has 3 amide bonds. The zero-order chi connectivity index (χ0) is 24.1. The molecule has 2 aromatic rings. The number of nitrogens with zero attached hydrogens (tertiary/aromatic N) is 3. The van der Waals surface area contributed by atoms with Crippen LogP contribution < -0.4 is 15.1 Å². The van der Waals surface area contributed by atoms with Crippen LogP contribution in [0, 0.1) is 0 Å². The summed E-state index contributed by atoms with van der Waals surface area (Å²) in [6.07, 6.45) is 1.19. The number of hydrogen-bond donors (Lipinski definition) is 1. The first-order valence-corrected chi connectivity index (χ1v) is 12.0. The van der Waals surface area contributed by atoms with E-state index in [1.807, 2.05) is 31.2 Å². The summed E-state index contributed by atoms with van der Waals surface area (Å²) in [5.74, 6) is -0.633. The van der Waals surface area contributed by atoms with E-state index in [2.05, 4.69) is 10.2 Å². The van der Waals surface area contributed by atoms with Gasteiger partial charge in [-0.1, -0.05) is 11.6 Å². The average molecular weight is 485 g/mol. The molecule has 4 rings (SSSR count). The number of anilines is 3. The number of morpholine rings is 1. The van der Waals surface area contributed by atoms with E-state index in [0.29, 0.717) is 54.7 Å². The molecular weight excluding hydrogens is 456 g/mol. The van der Waals surface area contributed by atoms with Crippen molar-refractivity contribution in [1.29, 1.82) is 0 Å². The number of rotatable bonds is 7. The Morgan fingerprint density at radius 2 is 1.82 bits per heavy atom. The molecule has 180 valence electrons. The Bertz CT molecular complexity index is 1050. The maximum absolute atomic E-state index is 13.3. The van der Waals surface area contributed by atoms with Gasteiger partial charge >= 0.3 is 0 Å². The van der Waals surface area contributed by atoms with E-state index in [1.54, 1.807) is 23.1 Å². The van der Waals surface area contributed by atoms with E-state index in [-0.39, 0.29) is 24.3 Å². The molecule has 0 aliphatic carbocycles. The lowest BCUT2D eigenvalue weighted by atomic mass is 10.1. The van der Waals surface area contributed by atoms with E-state index in [9.17, 15) is 14.4 Å². The minimum Gasteiger partial charge on any atom is -0.378 e. The Morgan fingerprint density at radius 1 is 1.09 bits per heavy atom. The van der Waals surface area contributed by atoms with Gasteiger partial charge in [0, 0.05) is 49.0 Å². The topological polar surface area (TPSA) is 82.2 Å². The lowest BCUT2D eigenvalue weighted by Gasteiger charge is -2.29. The van der Waals surface area contributed by atoms with Gasteiger partial charge in [0.05, 0.1) is 24.5 Å². The zero-order valence-corrected chi connectivity index (χ0v) is 20.0. The summed E-state index contributed by atoms with van der Waals surface area (Å²) in [5, 5.41) is 3.32. The van der Waals surface area contributed by atoms with Crippen LogP contribution in [-0.2, 0) is 14.3 Å². The molecule has 2 saturated heterocycles. The van der Waals surface area contributed by atoms with Gasteiger partial charge < -0.3 is 24.8 Å². The van der Waals surface area contributed by atoms with Crippen molar-refractivity contribution < 1.29 is 19.1 Å². The number of hydrogen-bond acceptors (Lipinski definition) is 5. The van der Waals surface area contributed by atoms with Crippen LogP contribution in [0.5, 0.6) is 0 Å². The van der Waals surface area contributed by atoms with Crippen molar-refractivity contribution in [1.82, 2.24) is 4.90 Å². The molecule has 34 heavy (non-hydrogen) atoms. The highest BCUT2D eigenvalue weighted by Crippen LogP contribution is 2.29. The molecule has 0 bridgehead atoms. The van der Waals surface area contributed by atoms with Crippen molar-refractivity contribution in [3.63, 3.8) is 0 Å².